The number of nitrogens with zero attached hydrogens (tertiary/aromatic N) is 1. The number of hydrogen-bond acceptors (Lipinski definition) is 7. The topological polar surface area (TPSA) is 130 Å². The highest BCUT2D eigenvalue weighted by Gasteiger charge is 2.38. The highest BCUT2D eigenvalue weighted by Crippen LogP contribution is 2.43. The van der Waals surface area contributed by atoms with Gasteiger partial charge in [0.05, 0.1) is 17.1 Å². The van der Waals surface area contributed by atoms with E-state index in [1.54, 1.807) is 6.08 Å². The number of allylic oxidation sites excluding steroid dienone is 1. The van der Waals surface area contributed by atoms with Crippen LogP contribution in [-0.4, -0.2) is 53.4 Å². The molecule has 34 heavy (non-hydrogen) atoms. The van der Waals surface area contributed by atoms with Crippen LogP contribution in [0.1, 0.15) is 57.8 Å². The lowest BCUT2D eigenvalue weighted by Gasteiger charge is -2.33. The van der Waals surface area contributed by atoms with Crippen molar-refractivity contribution in [1.29, 1.82) is 0 Å². The first-order chi connectivity index (χ1) is 16.1. The van der Waals surface area contributed by atoms with Gasteiger partial charge in [0.1, 0.15) is 4.90 Å². The average molecular weight is 522 g/mol. The van der Waals surface area contributed by atoms with Crippen LogP contribution in [0.3, 0.4) is 0 Å². The second kappa shape index (κ2) is 11.3. The number of halogens is 2. The Hall–Kier alpha value is -1.76. The van der Waals surface area contributed by atoms with E-state index < -0.39 is 71.1 Å². The Kier molecular flexibility index (Phi) is 8.93. The molecule has 4 N–H and O–H groups in total. The number of aliphatic hydroxyl groups excluding tert-OH is 1. The molecule has 1 aromatic rings. The summed E-state index contributed by atoms with van der Waals surface area (Å²) in [5.41, 5.74) is -1.06. The van der Waals surface area contributed by atoms with Crippen molar-refractivity contribution in [3.63, 3.8) is 0 Å². The third-order valence-electron chi connectivity index (χ3n) is 6.19. The van der Waals surface area contributed by atoms with Gasteiger partial charge in [0.25, 0.3) is 0 Å². The van der Waals surface area contributed by atoms with Gasteiger partial charge in [-0.1, -0.05) is 25.0 Å². The molecule has 0 unspecified atom stereocenters. The molecule has 3 rings (SSSR count). The molecular formula is C22H33F2N3O5S2. The number of primary sulfonamides is 1. The van der Waals surface area contributed by atoms with E-state index in [-0.39, 0.29) is 19.5 Å². The second-order valence-electron chi connectivity index (χ2n) is 8.82. The maximum Gasteiger partial charge on any atom is 0.244 e. The summed E-state index contributed by atoms with van der Waals surface area (Å²) in [4.78, 5) is -0.495. The number of aliphatic hydroxyl groups is 1. The second-order valence-corrected chi connectivity index (χ2v) is 12.4. The van der Waals surface area contributed by atoms with E-state index in [0.29, 0.717) is 19.3 Å². The zero-order chi connectivity index (χ0) is 24.9. The molecule has 8 nitrogen and oxygen atoms in total. The molecule has 2 aliphatic rings. The first-order valence-electron chi connectivity index (χ1n) is 11.7. The predicted octanol–water partition coefficient (Wildman–Crippen LogP) is 3.06. The zero-order valence-electron chi connectivity index (χ0n) is 19.1. The quantitative estimate of drug-likeness (QED) is 0.448. The molecule has 1 aliphatic heterocycles. The Balaban J connectivity index is 2.32. The first kappa shape index (κ1) is 26.8. The van der Waals surface area contributed by atoms with Crippen molar-refractivity contribution < 1.29 is 30.7 Å². The third-order valence-corrected chi connectivity index (χ3v) is 8.96. The summed E-state index contributed by atoms with van der Waals surface area (Å²) in [5.74, 6) is -3.59. The fourth-order valence-corrected chi connectivity index (χ4v) is 6.92. The van der Waals surface area contributed by atoms with E-state index in [1.165, 1.54) is 4.90 Å². The Morgan fingerprint density at radius 3 is 2.32 bits per heavy atom. The Bertz CT molecular complexity index is 1120. The molecule has 0 aromatic heterocycles. The maximum absolute atomic E-state index is 15.7. The van der Waals surface area contributed by atoms with Crippen molar-refractivity contribution in [3.8, 4) is 0 Å². The molecule has 1 atom stereocenters. The van der Waals surface area contributed by atoms with Crippen LogP contribution in [0, 0.1) is 11.6 Å². The lowest BCUT2D eigenvalue weighted by Crippen LogP contribution is -2.34. The molecule has 1 saturated heterocycles. The number of nitrogens with two attached hydrogens (primary N) is 1. The van der Waals surface area contributed by atoms with Gasteiger partial charge in [0, 0.05) is 25.7 Å². The van der Waals surface area contributed by atoms with Crippen LogP contribution in [0.4, 0.5) is 20.2 Å². The monoisotopic (exact) mass is 521 g/mol. The fraction of sp³-hybridized carbons (Fsp3) is 0.636. The first-order valence-corrected chi connectivity index (χ1v) is 14.9. The van der Waals surface area contributed by atoms with Crippen LogP contribution in [0.5, 0.6) is 0 Å². The number of rotatable bonds is 8. The number of sulfone groups is 1. The van der Waals surface area contributed by atoms with Crippen molar-refractivity contribution in [2.24, 2.45) is 5.14 Å². The number of nitrogens with one attached hydrogen (secondary N) is 1. The standard InChI is InChI=1S/C22H33F2N3O5S2/c23-17-19(26-16-10-5-2-1-3-6-11-16)22(33(29,30)15-9-14-28)20(27-12-7-4-8-13-27)18(24)21(17)34(25,31)32/h5,10,16,26,28H,1-4,6-9,11-15H2,(H2,25,31,32)/b10-5+/t16-/m1/s1. The van der Waals surface area contributed by atoms with E-state index in [1.807, 2.05) is 6.08 Å². The predicted molar refractivity (Wildman–Crippen MR) is 127 cm³/mol. The zero-order valence-corrected chi connectivity index (χ0v) is 20.7. The smallest absolute Gasteiger partial charge is 0.244 e. The van der Waals surface area contributed by atoms with Crippen LogP contribution in [0.2, 0.25) is 0 Å². The summed E-state index contributed by atoms with van der Waals surface area (Å²) in [5, 5.41) is 17.3. The molecule has 0 bridgehead atoms. The lowest BCUT2D eigenvalue weighted by atomic mass is 10.0. The van der Waals surface area contributed by atoms with Gasteiger partial charge in [0.2, 0.25) is 10.0 Å². The number of anilines is 2. The Morgan fingerprint density at radius 1 is 1.00 bits per heavy atom. The number of hydrogen-bond donors (Lipinski definition) is 3. The molecule has 0 amide bonds. The van der Waals surface area contributed by atoms with Gasteiger partial charge in [-0.25, -0.2) is 30.8 Å². The van der Waals surface area contributed by atoms with Crippen molar-refractivity contribution in [3.05, 3.63) is 23.8 Å². The van der Waals surface area contributed by atoms with Crippen LogP contribution in [-0.2, 0) is 19.9 Å². The lowest BCUT2D eigenvalue weighted by molar-refractivity contribution is 0.295. The molecule has 1 aliphatic carbocycles. The van der Waals surface area contributed by atoms with Crippen LogP contribution in [0.25, 0.3) is 0 Å². The minimum Gasteiger partial charge on any atom is -0.396 e. The SMILES string of the molecule is NS(=O)(=O)c1c(F)c(N[C@@H]2/C=C/CCCCC2)c(S(=O)(=O)CCCO)c(N2CCCCC2)c1F. The summed E-state index contributed by atoms with van der Waals surface area (Å²) in [6.07, 6.45) is 9.84. The number of benzene rings is 1. The average Bonchev–Trinajstić information content (AvgIpc) is 2.75. The van der Waals surface area contributed by atoms with E-state index in [2.05, 4.69) is 5.32 Å². The van der Waals surface area contributed by atoms with Gasteiger partial charge in [-0.3, -0.25) is 0 Å². The van der Waals surface area contributed by atoms with Crippen LogP contribution in [0.15, 0.2) is 21.9 Å². The normalized spacial score (nSPS) is 21.1. The van der Waals surface area contributed by atoms with Gasteiger partial charge in [-0.05, 0) is 44.9 Å². The van der Waals surface area contributed by atoms with Gasteiger partial charge >= 0.3 is 0 Å². The van der Waals surface area contributed by atoms with Crippen molar-refractivity contribution in [2.45, 2.75) is 73.6 Å². The summed E-state index contributed by atoms with van der Waals surface area (Å²) in [7, 11) is -9.16. The number of piperidine rings is 1. The molecule has 1 aromatic carbocycles. The highest BCUT2D eigenvalue weighted by molar-refractivity contribution is 7.91. The van der Waals surface area contributed by atoms with E-state index in [4.69, 9.17) is 5.14 Å². The van der Waals surface area contributed by atoms with E-state index in [9.17, 15) is 21.9 Å². The highest BCUT2D eigenvalue weighted by atomic mass is 32.2. The largest absolute Gasteiger partial charge is 0.396 e. The van der Waals surface area contributed by atoms with Crippen LogP contribution < -0.4 is 15.4 Å². The summed E-state index contributed by atoms with van der Waals surface area (Å²) >= 11 is 0. The van der Waals surface area contributed by atoms with Gasteiger partial charge in [-0.15, -0.1) is 0 Å². The minimum absolute atomic E-state index is 0.134. The molecular weight excluding hydrogens is 488 g/mol. The molecule has 1 heterocycles. The summed E-state index contributed by atoms with van der Waals surface area (Å²) in [6, 6.07) is -0.477. The molecule has 12 heteroatoms. The summed E-state index contributed by atoms with van der Waals surface area (Å²) < 4.78 is 82.7. The molecule has 192 valence electrons. The van der Waals surface area contributed by atoms with E-state index in [0.717, 1.165) is 32.1 Å². The molecule has 1 fully saturated rings. The van der Waals surface area contributed by atoms with Crippen molar-refractivity contribution >= 4 is 31.2 Å². The van der Waals surface area contributed by atoms with Crippen LogP contribution >= 0.6 is 0 Å². The fourth-order valence-electron chi connectivity index (χ4n) is 4.54. The van der Waals surface area contributed by atoms with Crippen molar-refractivity contribution in [1.82, 2.24) is 0 Å². The summed E-state index contributed by atoms with van der Waals surface area (Å²) in [6.45, 7) is 0.155. The molecule has 0 radical (unpaired) electrons. The van der Waals surface area contributed by atoms with Gasteiger partial charge < -0.3 is 15.3 Å². The third kappa shape index (κ3) is 6.07. The van der Waals surface area contributed by atoms with Gasteiger partial charge in [0.15, 0.2) is 26.4 Å². The minimum atomic E-state index is -4.85. The van der Waals surface area contributed by atoms with Gasteiger partial charge in [-0.2, -0.15) is 0 Å². The Labute approximate surface area is 200 Å². The molecule has 0 spiro atoms. The van der Waals surface area contributed by atoms with Crippen molar-refractivity contribution in [2.75, 3.05) is 35.7 Å². The Morgan fingerprint density at radius 2 is 1.68 bits per heavy atom. The number of sulfonamides is 1. The maximum atomic E-state index is 15.7. The van der Waals surface area contributed by atoms with E-state index >= 15 is 8.78 Å². The molecule has 0 saturated carbocycles.